The van der Waals surface area contributed by atoms with Crippen molar-refractivity contribution in [2.24, 2.45) is 11.7 Å². The Balaban J connectivity index is 1.56. The van der Waals surface area contributed by atoms with E-state index in [0.717, 1.165) is 24.0 Å². The van der Waals surface area contributed by atoms with E-state index in [2.05, 4.69) is 6.07 Å². The first-order valence-electron chi connectivity index (χ1n) is 8.87. The molecule has 0 radical (unpaired) electrons. The molecule has 1 fully saturated rings. The standard InChI is InChI=1S/C21H21N3O3/c22-12-15-3-5-16(6-4-15)17-7-9-19(10-8-17)27-14-20(25)24-11-1-2-18(13-24)21(23)26/h3-10,18H,1-2,11,13-14H2,(H2,23,26). The van der Waals surface area contributed by atoms with Crippen molar-refractivity contribution in [1.82, 2.24) is 4.90 Å². The van der Waals surface area contributed by atoms with Crippen LogP contribution in [-0.2, 0) is 9.59 Å². The summed E-state index contributed by atoms with van der Waals surface area (Å²) in [5.74, 6) is -0.164. The molecule has 0 spiro atoms. The summed E-state index contributed by atoms with van der Waals surface area (Å²) in [6.07, 6.45) is 1.51. The van der Waals surface area contributed by atoms with E-state index in [0.29, 0.717) is 24.4 Å². The number of benzene rings is 2. The van der Waals surface area contributed by atoms with E-state index >= 15 is 0 Å². The van der Waals surface area contributed by atoms with Crippen molar-refractivity contribution in [2.45, 2.75) is 12.8 Å². The number of nitrogens with zero attached hydrogens (tertiary/aromatic N) is 2. The van der Waals surface area contributed by atoms with Gasteiger partial charge in [-0.25, -0.2) is 0 Å². The normalized spacial score (nSPS) is 16.4. The summed E-state index contributed by atoms with van der Waals surface area (Å²) in [6, 6.07) is 16.9. The van der Waals surface area contributed by atoms with E-state index in [1.165, 1.54) is 0 Å². The Kier molecular flexibility index (Phi) is 5.72. The Morgan fingerprint density at radius 3 is 2.33 bits per heavy atom. The Morgan fingerprint density at radius 1 is 1.11 bits per heavy atom. The molecular weight excluding hydrogens is 342 g/mol. The minimum Gasteiger partial charge on any atom is -0.484 e. The molecule has 27 heavy (non-hydrogen) atoms. The maximum Gasteiger partial charge on any atom is 0.260 e. The fourth-order valence-electron chi connectivity index (χ4n) is 3.15. The molecule has 0 bridgehead atoms. The number of hydrogen-bond acceptors (Lipinski definition) is 4. The number of nitrogens with two attached hydrogens (primary N) is 1. The van der Waals surface area contributed by atoms with Crippen LogP contribution in [0.25, 0.3) is 11.1 Å². The number of rotatable bonds is 5. The Labute approximate surface area is 158 Å². The van der Waals surface area contributed by atoms with Gasteiger partial charge in [-0.3, -0.25) is 9.59 Å². The maximum absolute atomic E-state index is 12.3. The SMILES string of the molecule is N#Cc1ccc(-c2ccc(OCC(=O)N3CCCC(C(N)=O)C3)cc2)cc1. The molecule has 1 atom stereocenters. The molecule has 1 saturated heterocycles. The molecule has 1 unspecified atom stereocenters. The largest absolute Gasteiger partial charge is 0.484 e. The Hall–Kier alpha value is -3.33. The van der Waals surface area contributed by atoms with Crippen molar-refractivity contribution in [3.05, 3.63) is 54.1 Å². The lowest BCUT2D eigenvalue weighted by molar-refractivity contribution is -0.136. The number of amides is 2. The van der Waals surface area contributed by atoms with Gasteiger partial charge in [0.05, 0.1) is 17.6 Å². The molecule has 6 nitrogen and oxygen atoms in total. The predicted octanol–water partition coefficient (Wildman–Crippen LogP) is 2.33. The summed E-state index contributed by atoms with van der Waals surface area (Å²) in [4.78, 5) is 25.3. The fraction of sp³-hybridized carbons (Fsp3) is 0.286. The summed E-state index contributed by atoms with van der Waals surface area (Å²) < 4.78 is 5.59. The highest BCUT2D eigenvalue weighted by Gasteiger charge is 2.27. The monoisotopic (exact) mass is 363 g/mol. The maximum atomic E-state index is 12.3. The van der Waals surface area contributed by atoms with Crippen LogP contribution in [0.3, 0.4) is 0 Å². The lowest BCUT2D eigenvalue weighted by Gasteiger charge is -2.31. The predicted molar refractivity (Wildman–Crippen MR) is 101 cm³/mol. The van der Waals surface area contributed by atoms with Crippen molar-refractivity contribution < 1.29 is 14.3 Å². The second kappa shape index (κ2) is 8.37. The van der Waals surface area contributed by atoms with Crippen LogP contribution in [0.4, 0.5) is 0 Å². The number of nitriles is 1. The molecule has 6 heteroatoms. The number of piperidine rings is 1. The van der Waals surface area contributed by atoms with Crippen molar-refractivity contribution in [1.29, 1.82) is 5.26 Å². The zero-order chi connectivity index (χ0) is 19.2. The molecule has 1 heterocycles. The number of primary amides is 1. The zero-order valence-electron chi connectivity index (χ0n) is 14.9. The second-order valence-electron chi connectivity index (χ2n) is 6.58. The van der Waals surface area contributed by atoms with E-state index in [1.807, 2.05) is 36.4 Å². The van der Waals surface area contributed by atoms with Crippen molar-refractivity contribution in [3.63, 3.8) is 0 Å². The molecule has 138 valence electrons. The van der Waals surface area contributed by atoms with Crippen LogP contribution < -0.4 is 10.5 Å². The van der Waals surface area contributed by atoms with E-state index in [4.69, 9.17) is 15.7 Å². The quantitative estimate of drug-likeness (QED) is 0.882. The molecule has 1 aliphatic heterocycles. The Bertz CT molecular complexity index is 854. The molecule has 0 aromatic heterocycles. The highest BCUT2D eigenvalue weighted by Crippen LogP contribution is 2.23. The van der Waals surface area contributed by atoms with Gasteiger partial charge in [-0.1, -0.05) is 24.3 Å². The van der Waals surface area contributed by atoms with Gasteiger partial charge in [-0.15, -0.1) is 0 Å². The van der Waals surface area contributed by atoms with Gasteiger partial charge in [0.15, 0.2) is 6.61 Å². The van der Waals surface area contributed by atoms with Gasteiger partial charge in [0.1, 0.15) is 5.75 Å². The first-order chi connectivity index (χ1) is 13.1. The summed E-state index contributed by atoms with van der Waals surface area (Å²) in [7, 11) is 0. The molecular formula is C21H21N3O3. The minimum absolute atomic E-state index is 0.0678. The molecule has 2 aromatic rings. The lowest BCUT2D eigenvalue weighted by Crippen LogP contribution is -2.45. The molecule has 0 saturated carbocycles. The van der Waals surface area contributed by atoms with E-state index in [9.17, 15) is 9.59 Å². The molecule has 2 N–H and O–H groups in total. The summed E-state index contributed by atoms with van der Waals surface area (Å²) in [5, 5.41) is 8.85. The third-order valence-electron chi connectivity index (χ3n) is 4.74. The average molecular weight is 363 g/mol. The number of carbonyl (C=O) groups excluding carboxylic acids is 2. The third kappa shape index (κ3) is 4.64. The number of hydrogen-bond donors (Lipinski definition) is 1. The van der Waals surface area contributed by atoms with Gasteiger partial charge >= 0.3 is 0 Å². The van der Waals surface area contributed by atoms with Gasteiger partial charge in [0, 0.05) is 13.1 Å². The number of carbonyl (C=O) groups is 2. The van der Waals surface area contributed by atoms with Crippen LogP contribution >= 0.6 is 0 Å². The molecule has 2 aromatic carbocycles. The van der Waals surface area contributed by atoms with E-state index in [1.54, 1.807) is 17.0 Å². The lowest BCUT2D eigenvalue weighted by atomic mass is 9.97. The molecule has 1 aliphatic rings. The highest BCUT2D eigenvalue weighted by molar-refractivity contribution is 5.81. The van der Waals surface area contributed by atoms with Crippen molar-refractivity contribution in [3.8, 4) is 22.9 Å². The Morgan fingerprint density at radius 2 is 1.74 bits per heavy atom. The third-order valence-corrected chi connectivity index (χ3v) is 4.74. The highest BCUT2D eigenvalue weighted by atomic mass is 16.5. The first kappa shape index (κ1) is 18.5. The van der Waals surface area contributed by atoms with Crippen LogP contribution in [0.1, 0.15) is 18.4 Å². The average Bonchev–Trinajstić information content (AvgIpc) is 2.72. The number of likely N-dealkylation sites (tertiary alicyclic amines) is 1. The summed E-state index contributed by atoms with van der Waals surface area (Å²) in [6.45, 7) is 0.931. The van der Waals surface area contributed by atoms with Crippen LogP contribution in [-0.4, -0.2) is 36.4 Å². The summed E-state index contributed by atoms with van der Waals surface area (Å²) in [5.41, 5.74) is 7.97. The van der Waals surface area contributed by atoms with Crippen molar-refractivity contribution >= 4 is 11.8 Å². The van der Waals surface area contributed by atoms with Gasteiger partial charge in [0.2, 0.25) is 5.91 Å². The second-order valence-corrected chi connectivity index (χ2v) is 6.58. The smallest absolute Gasteiger partial charge is 0.260 e. The molecule has 0 aliphatic carbocycles. The van der Waals surface area contributed by atoms with Crippen LogP contribution in [0, 0.1) is 17.2 Å². The van der Waals surface area contributed by atoms with Gasteiger partial charge in [-0.2, -0.15) is 5.26 Å². The molecule has 3 rings (SSSR count). The van der Waals surface area contributed by atoms with E-state index in [-0.39, 0.29) is 24.3 Å². The first-order valence-corrected chi connectivity index (χ1v) is 8.87. The van der Waals surface area contributed by atoms with Crippen LogP contribution in [0.5, 0.6) is 5.75 Å². The molecule has 2 amide bonds. The topological polar surface area (TPSA) is 96.4 Å². The van der Waals surface area contributed by atoms with Crippen molar-refractivity contribution in [2.75, 3.05) is 19.7 Å². The van der Waals surface area contributed by atoms with Crippen LogP contribution in [0.15, 0.2) is 48.5 Å². The summed E-state index contributed by atoms with van der Waals surface area (Å²) >= 11 is 0. The number of ether oxygens (including phenoxy) is 1. The van der Waals surface area contributed by atoms with E-state index < -0.39 is 0 Å². The van der Waals surface area contributed by atoms with Gasteiger partial charge in [-0.05, 0) is 48.2 Å². The van der Waals surface area contributed by atoms with Gasteiger partial charge in [0.25, 0.3) is 5.91 Å². The van der Waals surface area contributed by atoms with Crippen LogP contribution in [0.2, 0.25) is 0 Å². The van der Waals surface area contributed by atoms with Gasteiger partial charge < -0.3 is 15.4 Å². The zero-order valence-corrected chi connectivity index (χ0v) is 14.9. The minimum atomic E-state index is -0.355. The fourth-order valence-corrected chi connectivity index (χ4v) is 3.15.